The molecular weight excluding hydrogens is 271 g/mol. The fraction of sp³-hybridized carbons (Fsp3) is 0.167. The maximum Gasteiger partial charge on any atom is 0.365 e. The standard InChI is InChI=1S/C12H11FN2O3S/c1-2-14-11(7-10(16)15(18)12(14)17)19-9-6-4-3-5-8(9)13/h3-7,18H,2H2,1H3. The summed E-state index contributed by atoms with van der Waals surface area (Å²) in [5.74, 6) is -0.434. The minimum Gasteiger partial charge on any atom is -0.421 e. The van der Waals surface area contributed by atoms with Crippen molar-refractivity contribution in [1.82, 2.24) is 9.30 Å². The van der Waals surface area contributed by atoms with Gasteiger partial charge in [-0.2, -0.15) is 0 Å². The molecule has 0 saturated heterocycles. The highest BCUT2D eigenvalue weighted by Crippen LogP contribution is 2.27. The Morgan fingerprint density at radius 1 is 1.32 bits per heavy atom. The molecule has 0 spiro atoms. The third kappa shape index (κ3) is 2.55. The van der Waals surface area contributed by atoms with Crippen molar-refractivity contribution in [3.05, 3.63) is 57.0 Å². The third-order valence-corrected chi connectivity index (χ3v) is 3.60. The second-order valence-corrected chi connectivity index (χ2v) is 4.75. The first-order valence-corrected chi connectivity index (χ1v) is 6.34. The van der Waals surface area contributed by atoms with Gasteiger partial charge in [0.1, 0.15) is 5.82 Å². The van der Waals surface area contributed by atoms with Crippen LogP contribution in [-0.2, 0) is 6.54 Å². The van der Waals surface area contributed by atoms with E-state index in [1.54, 1.807) is 25.1 Å². The maximum absolute atomic E-state index is 13.6. The van der Waals surface area contributed by atoms with Gasteiger partial charge in [-0.15, -0.1) is 0 Å². The van der Waals surface area contributed by atoms with Crippen LogP contribution in [0, 0.1) is 5.82 Å². The summed E-state index contributed by atoms with van der Waals surface area (Å²) in [5, 5.41) is 9.54. The fourth-order valence-corrected chi connectivity index (χ4v) is 2.58. The highest BCUT2D eigenvalue weighted by Gasteiger charge is 2.12. The SMILES string of the molecule is CCn1c(Sc2ccccc2F)cc(=O)n(O)c1=O. The van der Waals surface area contributed by atoms with Crippen LogP contribution in [0.1, 0.15) is 6.92 Å². The van der Waals surface area contributed by atoms with Crippen LogP contribution in [0.4, 0.5) is 4.39 Å². The van der Waals surface area contributed by atoms with Crippen molar-refractivity contribution in [1.29, 1.82) is 0 Å². The van der Waals surface area contributed by atoms with Crippen molar-refractivity contribution >= 4 is 11.8 Å². The predicted octanol–water partition coefficient (Wildman–Crippen LogP) is 1.56. The lowest BCUT2D eigenvalue weighted by atomic mass is 10.3. The lowest BCUT2D eigenvalue weighted by Crippen LogP contribution is -2.38. The lowest BCUT2D eigenvalue weighted by Gasteiger charge is -2.10. The number of halogens is 1. The number of benzene rings is 1. The second kappa shape index (κ2) is 5.31. The van der Waals surface area contributed by atoms with Crippen LogP contribution in [0.2, 0.25) is 0 Å². The van der Waals surface area contributed by atoms with Gasteiger partial charge in [-0.05, 0) is 19.1 Å². The summed E-state index contributed by atoms with van der Waals surface area (Å²) in [6.45, 7) is 1.95. The largest absolute Gasteiger partial charge is 0.421 e. The Hall–Kier alpha value is -2.02. The van der Waals surface area contributed by atoms with Gasteiger partial charge < -0.3 is 5.21 Å². The van der Waals surface area contributed by atoms with Gasteiger partial charge in [0.25, 0.3) is 5.56 Å². The highest BCUT2D eigenvalue weighted by molar-refractivity contribution is 7.99. The van der Waals surface area contributed by atoms with Crippen LogP contribution >= 0.6 is 11.8 Å². The summed E-state index contributed by atoms with van der Waals surface area (Å²) in [4.78, 5) is 23.4. The van der Waals surface area contributed by atoms with Crippen molar-refractivity contribution in [2.75, 3.05) is 0 Å². The molecule has 7 heteroatoms. The van der Waals surface area contributed by atoms with Gasteiger partial charge in [-0.25, -0.2) is 9.18 Å². The average molecular weight is 282 g/mol. The van der Waals surface area contributed by atoms with E-state index in [9.17, 15) is 19.2 Å². The first-order valence-electron chi connectivity index (χ1n) is 5.53. The zero-order chi connectivity index (χ0) is 14.0. The van der Waals surface area contributed by atoms with Gasteiger partial charge in [0.2, 0.25) is 0 Å². The van der Waals surface area contributed by atoms with E-state index >= 15 is 0 Å². The van der Waals surface area contributed by atoms with E-state index in [1.165, 1.54) is 10.6 Å². The van der Waals surface area contributed by atoms with E-state index in [4.69, 9.17) is 0 Å². The smallest absolute Gasteiger partial charge is 0.365 e. The van der Waals surface area contributed by atoms with E-state index in [-0.39, 0.29) is 16.3 Å². The van der Waals surface area contributed by atoms with E-state index in [2.05, 4.69) is 0 Å². The second-order valence-electron chi connectivity index (χ2n) is 3.69. The molecule has 0 bridgehead atoms. The Balaban J connectivity index is 2.55. The molecule has 0 saturated carbocycles. The summed E-state index contributed by atoms with van der Waals surface area (Å²) in [6.07, 6.45) is 0. The molecule has 2 aromatic rings. The molecule has 19 heavy (non-hydrogen) atoms. The summed E-state index contributed by atoms with van der Waals surface area (Å²) >= 11 is 0.966. The molecule has 1 aromatic carbocycles. The van der Waals surface area contributed by atoms with Crippen LogP contribution in [-0.4, -0.2) is 14.5 Å². The summed E-state index contributed by atoms with van der Waals surface area (Å²) < 4.78 is 14.8. The molecule has 0 aliphatic heterocycles. The van der Waals surface area contributed by atoms with Crippen molar-refractivity contribution in [3.8, 4) is 0 Å². The number of hydrogen-bond acceptors (Lipinski definition) is 4. The van der Waals surface area contributed by atoms with Crippen LogP contribution in [0.3, 0.4) is 0 Å². The Morgan fingerprint density at radius 2 is 2.00 bits per heavy atom. The van der Waals surface area contributed by atoms with Crippen molar-refractivity contribution in [3.63, 3.8) is 0 Å². The van der Waals surface area contributed by atoms with Crippen LogP contribution < -0.4 is 11.2 Å². The number of nitrogens with zero attached hydrogens (tertiary/aromatic N) is 2. The Bertz CT molecular complexity index is 724. The molecule has 0 unspecified atom stereocenters. The predicted molar refractivity (Wildman–Crippen MR) is 68.3 cm³/mol. The Kier molecular flexibility index (Phi) is 3.75. The lowest BCUT2D eigenvalue weighted by molar-refractivity contribution is 0.152. The summed E-state index contributed by atoms with van der Waals surface area (Å²) in [7, 11) is 0. The molecule has 1 aromatic heterocycles. The zero-order valence-electron chi connectivity index (χ0n) is 10.0. The Morgan fingerprint density at radius 3 is 2.63 bits per heavy atom. The molecule has 100 valence electrons. The topological polar surface area (TPSA) is 64.2 Å². The number of rotatable bonds is 3. The minimum absolute atomic E-state index is 0.0366. The first-order chi connectivity index (χ1) is 9.04. The van der Waals surface area contributed by atoms with Gasteiger partial charge >= 0.3 is 5.69 Å². The van der Waals surface area contributed by atoms with Crippen molar-refractivity contribution in [2.24, 2.45) is 0 Å². The molecule has 1 heterocycles. The number of hydrogen-bond donors (Lipinski definition) is 1. The van der Waals surface area contributed by atoms with Gasteiger partial charge in [-0.1, -0.05) is 28.6 Å². The van der Waals surface area contributed by atoms with E-state index < -0.39 is 17.1 Å². The summed E-state index contributed by atoms with van der Waals surface area (Å²) in [6, 6.07) is 7.16. The van der Waals surface area contributed by atoms with E-state index in [1.807, 2.05) is 0 Å². The average Bonchev–Trinajstić information content (AvgIpc) is 2.39. The van der Waals surface area contributed by atoms with Crippen molar-refractivity contribution in [2.45, 2.75) is 23.4 Å². The molecule has 1 N–H and O–H groups in total. The van der Waals surface area contributed by atoms with E-state index in [0.717, 1.165) is 17.8 Å². The third-order valence-electron chi connectivity index (χ3n) is 2.50. The molecule has 0 atom stereocenters. The maximum atomic E-state index is 13.6. The van der Waals surface area contributed by atoms with Crippen LogP contribution in [0.15, 0.2) is 49.8 Å². The minimum atomic E-state index is -0.839. The molecule has 2 rings (SSSR count). The quantitative estimate of drug-likeness (QED) is 0.685. The zero-order valence-corrected chi connectivity index (χ0v) is 10.9. The number of aromatic nitrogens is 2. The summed E-state index contributed by atoms with van der Waals surface area (Å²) in [5.41, 5.74) is -1.68. The van der Waals surface area contributed by atoms with Gasteiger partial charge in [0.05, 0.1) is 5.03 Å². The molecular formula is C12H11FN2O3S. The molecule has 0 fully saturated rings. The molecule has 0 aliphatic rings. The van der Waals surface area contributed by atoms with E-state index in [0.29, 0.717) is 4.90 Å². The molecule has 5 nitrogen and oxygen atoms in total. The molecule has 0 aliphatic carbocycles. The van der Waals surface area contributed by atoms with Gasteiger partial charge in [-0.3, -0.25) is 9.36 Å². The molecule has 0 radical (unpaired) electrons. The fourth-order valence-electron chi connectivity index (χ4n) is 1.56. The van der Waals surface area contributed by atoms with Gasteiger partial charge in [0, 0.05) is 17.5 Å². The normalized spacial score (nSPS) is 10.6. The van der Waals surface area contributed by atoms with Crippen molar-refractivity contribution < 1.29 is 9.60 Å². The van der Waals surface area contributed by atoms with Crippen LogP contribution in [0.5, 0.6) is 0 Å². The molecule has 0 amide bonds. The van der Waals surface area contributed by atoms with Gasteiger partial charge in [0.15, 0.2) is 0 Å². The monoisotopic (exact) mass is 282 g/mol. The highest BCUT2D eigenvalue weighted by atomic mass is 32.2. The first kappa shape index (κ1) is 13.4. The van der Waals surface area contributed by atoms with Crippen LogP contribution in [0.25, 0.3) is 0 Å². The Labute approximate surface area is 111 Å².